The van der Waals surface area contributed by atoms with Crippen molar-refractivity contribution in [2.24, 2.45) is 4.99 Å². The lowest BCUT2D eigenvalue weighted by molar-refractivity contribution is -0.139. The van der Waals surface area contributed by atoms with Crippen molar-refractivity contribution in [3.8, 4) is 5.75 Å². The molecule has 7 heteroatoms. The van der Waals surface area contributed by atoms with E-state index in [4.69, 9.17) is 14.5 Å². The molecule has 4 aromatic carbocycles. The molecule has 0 fully saturated rings. The number of aromatic nitrogens is 1. The van der Waals surface area contributed by atoms with Gasteiger partial charge in [-0.2, -0.15) is 0 Å². The average molecular weight is 575 g/mol. The second-order valence-electron chi connectivity index (χ2n) is 10.2. The number of fused-ring (bicyclic) bond motifs is 2. The molecule has 0 aliphatic carbocycles. The van der Waals surface area contributed by atoms with E-state index in [9.17, 15) is 9.59 Å². The van der Waals surface area contributed by atoms with Crippen molar-refractivity contribution >= 4 is 34.2 Å². The van der Waals surface area contributed by atoms with Crippen LogP contribution in [0.5, 0.6) is 5.75 Å². The molecule has 6 rings (SSSR count). The minimum absolute atomic E-state index is 0.203. The van der Waals surface area contributed by atoms with E-state index in [1.54, 1.807) is 18.4 Å². The number of esters is 1. The first-order chi connectivity index (χ1) is 20.4. The maximum atomic E-state index is 14.0. The number of carbonyl (C=O) groups is 1. The predicted molar refractivity (Wildman–Crippen MR) is 166 cm³/mol. The molecule has 0 radical (unpaired) electrons. The van der Waals surface area contributed by atoms with E-state index in [2.05, 4.69) is 31.2 Å². The summed E-state index contributed by atoms with van der Waals surface area (Å²) in [6.07, 6.45) is 1.86. The Kier molecular flexibility index (Phi) is 7.59. The first-order valence-electron chi connectivity index (χ1n) is 13.9. The van der Waals surface area contributed by atoms with Gasteiger partial charge in [0.15, 0.2) is 4.80 Å². The van der Waals surface area contributed by atoms with E-state index in [0.717, 1.165) is 33.2 Å². The average Bonchev–Trinajstić information content (AvgIpc) is 3.30. The Morgan fingerprint density at radius 2 is 1.69 bits per heavy atom. The van der Waals surface area contributed by atoms with Crippen LogP contribution in [-0.2, 0) is 16.1 Å². The number of ether oxygens (including phenoxy) is 2. The van der Waals surface area contributed by atoms with Crippen LogP contribution in [0.2, 0.25) is 0 Å². The summed E-state index contributed by atoms with van der Waals surface area (Å²) in [5.41, 5.74) is 4.76. The predicted octanol–water partition coefficient (Wildman–Crippen LogP) is 5.84. The third kappa shape index (κ3) is 5.31. The highest BCUT2D eigenvalue weighted by Crippen LogP contribution is 2.34. The molecule has 210 valence electrons. The van der Waals surface area contributed by atoms with Crippen molar-refractivity contribution in [1.29, 1.82) is 0 Å². The van der Waals surface area contributed by atoms with Crippen LogP contribution in [-0.4, -0.2) is 17.1 Å². The van der Waals surface area contributed by atoms with E-state index in [0.29, 0.717) is 27.2 Å². The zero-order valence-electron chi connectivity index (χ0n) is 23.7. The van der Waals surface area contributed by atoms with E-state index < -0.39 is 12.0 Å². The van der Waals surface area contributed by atoms with Crippen LogP contribution in [0.15, 0.2) is 112 Å². The van der Waals surface area contributed by atoms with Crippen LogP contribution in [0.25, 0.3) is 16.8 Å². The summed E-state index contributed by atoms with van der Waals surface area (Å²) in [6, 6.07) is 29.2. The SMILES string of the molecule is CCOC(=O)C1=C(C)N=c2s/c(=C/c3ccc(OCc4ccc(C)cc4)cc3)c(=O)n2C1c1cccc2ccccc12. The molecule has 0 saturated carbocycles. The molecule has 1 atom stereocenters. The fraction of sp³-hybridized carbons (Fsp3) is 0.171. The lowest BCUT2D eigenvalue weighted by Gasteiger charge is -2.25. The van der Waals surface area contributed by atoms with Crippen LogP contribution < -0.4 is 19.6 Å². The molecule has 1 aliphatic rings. The van der Waals surface area contributed by atoms with Gasteiger partial charge in [-0.25, -0.2) is 9.79 Å². The summed E-state index contributed by atoms with van der Waals surface area (Å²) in [4.78, 5) is 32.5. The summed E-state index contributed by atoms with van der Waals surface area (Å²) in [7, 11) is 0. The van der Waals surface area contributed by atoms with E-state index in [1.807, 2.05) is 72.8 Å². The second-order valence-corrected chi connectivity index (χ2v) is 11.2. The first-order valence-corrected chi connectivity index (χ1v) is 14.7. The van der Waals surface area contributed by atoms with Crippen LogP contribution in [0, 0.1) is 6.92 Å². The Morgan fingerprint density at radius 1 is 0.952 bits per heavy atom. The van der Waals surface area contributed by atoms with Gasteiger partial charge in [-0.1, -0.05) is 95.8 Å². The van der Waals surface area contributed by atoms with E-state index in [-0.39, 0.29) is 12.2 Å². The topological polar surface area (TPSA) is 69.9 Å². The number of carbonyl (C=O) groups excluding carboxylic acids is 1. The number of allylic oxidation sites excluding steroid dienone is 1. The summed E-state index contributed by atoms with van der Waals surface area (Å²) in [6.45, 7) is 6.34. The number of benzene rings is 4. The summed E-state index contributed by atoms with van der Waals surface area (Å²) in [5.74, 6) is 0.284. The maximum absolute atomic E-state index is 14.0. The van der Waals surface area contributed by atoms with Crippen LogP contribution >= 0.6 is 11.3 Å². The number of nitrogens with zero attached hydrogens (tertiary/aromatic N) is 2. The Bertz CT molecular complexity index is 2000. The lowest BCUT2D eigenvalue weighted by atomic mass is 9.91. The van der Waals surface area contributed by atoms with Gasteiger partial charge in [-0.15, -0.1) is 0 Å². The number of hydrogen-bond donors (Lipinski definition) is 0. The van der Waals surface area contributed by atoms with Crippen LogP contribution in [0.3, 0.4) is 0 Å². The Morgan fingerprint density at radius 3 is 2.45 bits per heavy atom. The van der Waals surface area contributed by atoms with E-state index >= 15 is 0 Å². The number of rotatable bonds is 7. The molecule has 5 aromatic rings. The van der Waals surface area contributed by atoms with Gasteiger partial charge in [-0.05, 0) is 66.4 Å². The molecule has 42 heavy (non-hydrogen) atoms. The van der Waals surface area contributed by atoms with Crippen molar-refractivity contribution in [2.75, 3.05) is 6.61 Å². The third-order valence-electron chi connectivity index (χ3n) is 7.34. The highest BCUT2D eigenvalue weighted by Gasteiger charge is 2.34. The summed E-state index contributed by atoms with van der Waals surface area (Å²) < 4.78 is 13.6. The molecular formula is C35H30N2O4S. The maximum Gasteiger partial charge on any atom is 0.338 e. The number of hydrogen-bond acceptors (Lipinski definition) is 6. The second kappa shape index (κ2) is 11.6. The third-order valence-corrected chi connectivity index (χ3v) is 8.32. The fourth-order valence-electron chi connectivity index (χ4n) is 5.24. The van der Waals surface area contributed by atoms with Gasteiger partial charge in [0.2, 0.25) is 0 Å². The first kappa shape index (κ1) is 27.4. The molecule has 6 nitrogen and oxygen atoms in total. The monoisotopic (exact) mass is 574 g/mol. The van der Waals surface area contributed by atoms with Gasteiger partial charge in [0.25, 0.3) is 5.56 Å². The Hall–Kier alpha value is -4.75. The lowest BCUT2D eigenvalue weighted by Crippen LogP contribution is -2.40. The van der Waals surface area contributed by atoms with Crippen LogP contribution in [0.1, 0.15) is 42.1 Å². The van der Waals surface area contributed by atoms with Gasteiger partial charge in [0, 0.05) is 0 Å². The molecule has 1 unspecified atom stereocenters. The fourth-order valence-corrected chi connectivity index (χ4v) is 6.28. The summed E-state index contributed by atoms with van der Waals surface area (Å²) in [5, 5.41) is 2.00. The normalized spacial score (nSPS) is 14.9. The minimum Gasteiger partial charge on any atom is -0.489 e. The highest BCUT2D eigenvalue weighted by molar-refractivity contribution is 7.07. The molecular weight excluding hydrogens is 544 g/mol. The zero-order valence-corrected chi connectivity index (χ0v) is 24.5. The quantitative estimate of drug-likeness (QED) is 0.229. The number of thiazole rings is 1. The van der Waals surface area contributed by atoms with Gasteiger partial charge >= 0.3 is 5.97 Å². The molecule has 2 heterocycles. The molecule has 1 aliphatic heterocycles. The largest absolute Gasteiger partial charge is 0.489 e. The molecule has 0 spiro atoms. The van der Waals surface area contributed by atoms with Crippen molar-refractivity contribution in [2.45, 2.75) is 33.4 Å². The molecule has 0 bridgehead atoms. The van der Waals surface area contributed by atoms with Crippen molar-refractivity contribution in [3.63, 3.8) is 0 Å². The molecule has 0 saturated heterocycles. The molecule has 1 aromatic heterocycles. The Balaban J connectivity index is 1.39. The van der Waals surface area contributed by atoms with Crippen molar-refractivity contribution < 1.29 is 14.3 Å². The minimum atomic E-state index is -0.661. The standard InChI is InChI=1S/C35H30N2O4S/c1-4-40-34(39)31-23(3)36-35-37(32(31)29-11-7-9-26-8-5-6-10-28(26)29)33(38)30(42-35)20-24-16-18-27(19-17-24)41-21-25-14-12-22(2)13-15-25/h5-20,32H,4,21H2,1-3H3/b30-20+. The van der Waals surface area contributed by atoms with Gasteiger partial charge in [0.05, 0.1) is 28.5 Å². The Labute approximate surface area is 247 Å². The van der Waals surface area contributed by atoms with Crippen molar-refractivity contribution in [3.05, 3.63) is 144 Å². The van der Waals surface area contributed by atoms with Crippen molar-refractivity contribution in [1.82, 2.24) is 4.57 Å². The molecule has 0 N–H and O–H groups in total. The highest BCUT2D eigenvalue weighted by atomic mass is 32.1. The van der Waals surface area contributed by atoms with Gasteiger partial charge in [0.1, 0.15) is 12.4 Å². The van der Waals surface area contributed by atoms with Gasteiger partial charge in [-0.3, -0.25) is 9.36 Å². The van der Waals surface area contributed by atoms with E-state index in [1.165, 1.54) is 16.9 Å². The zero-order chi connectivity index (χ0) is 29.2. The smallest absolute Gasteiger partial charge is 0.338 e. The molecule has 0 amide bonds. The van der Waals surface area contributed by atoms with Crippen LogP contribution in [0.4, 0.5) is 0 Å². The van der Waals surface area contributed by atoms with Gasteiger partial charge < -0.3 is 9.47 Å². The number of aryl methyl sites for hydroxylation is 1. The summed E-state index contributed by atoms with van der Waals surface area (Å²) >= 11 is 1.32.